The molecule has 2 N–H and O–H groups in total. The SMILES string of the molecule is NCCN1CCN(CCc2ccccn2)CC1. The first-order valence-corrected chi connectivity index (χ1v) is 6.43. The second-order valence-electron chi connectivity index (χ2n) is 4.54. The van der Waals surface area contributed by atoms with Gasteiger partial charge in [-0.1, -0.05) is 6.07 Å². The van der Waals surface area contributed by atoms with Crippen molar-refractivity contribution in [1.29, 1.82) is 0 Å². The molecule has 0 amide bonds. The number of hydrogen-bond donors (Lipinski definition) is 1. The molecule has 1 aromatic rings. The summed E-state index contributed by atoms with van der Waals surface area (Å²) in [5.74, 6) is 0. The molecule has 2 heterocycles. The number of aromatic nitrogens is 1. The van der Waals surface area contributed by atoms with Gasteiger partial charge in [0.25, 0.3) is 0 Å². The van der Waals surface area contributed by atoms with Crippen LogP contribution < -0.4 is 5.73 Å². The summed E-state index contributed by atoms with van der Waals surface area (Å²) in [6.45, 7) is 7.55. The van der Waals surface area contributed by atoms with Crippen LogP contribution in [0.1, 0.15) is 5.69 Å². The van der Waals surface area contributed by atoms with Crippen molar-refractivity contribution in [3.8, 4) is 0 Å². The van der Waals surface area contributed by atoms with Crippen LogP contribution in [0.15, 0.2) is 24.4 Å². The fraction of sp³-hybridized carbons (Fsp3) is 0.615. The van der Waals surface area contributed by atoms with E-state index in [0.717, 1.165) is 52.2 Å². The Hall–Kier alpha value is -0.970. The van der Waals surface area contributed by atoms with E-state index >= 15 is 0 Å². The summed E-state index contributed by atoms with van der Waals surface area (Å²) in [6.07, 6.45) is 2.92. The van der Waals surface area contributed by atoms with Gasteiger partial charge < -0.3 is 10.6 Å². The van der Waals surface area contributed by atoms with Gasteiger partial charge in [-0.05, 0) is 12.1 Å². The van der Waals surface area contributed by atoms with E-state index < -0.39 is 0 Å². The smallest absolute Gasteiger partial charge is 0.0416 e. The van der Waals surface area contributed by atoms with Crippen LogP contribution in [-0.2, 0) is 6.42 Å². The van der Waals surface area contributed by atoms with Gasteiger partial charge in [0.2, 0.25) is 0 Å². The van der Waals surface area contributed by atoms with Crippen molar-refractivity contribution in [2.75, 3.05) is 45.8 Å². The molecule has 1 fully saturated rings. The fourth-order valence-corrected chi connectivity index (χ4v) is 2.24. The van der Waals surface area contributed by atoms with Crippen LogP contribution in [0.25, 0.3) is 0 Å². The zero-order chi connectivity index (χ0) is 11.9. The summed E-state index contributed by atoms with van der Waals surface area (Å²) in [5.41, 5.74) is 6.76. The molecule has 1 aromatic heterocycles. The summed E-state index contributed by atoms with van der Waals surface area (Å²) in [6, 6.07) is 6.13. The molecule has 0 saturated carbocycles. The standard InChI is InChI=1S/C13H22N4/c14-5-8-17-11-9-16(10-12-17)7-4-13-3-1-2-6-15-13/h1-3,6H,4-5,7-12,14H2. The van der Waals surface area contributed by atoms with Crippen molar-refractivity contribution < 1.29 is 0 Å². The first-order chi connectivity index (χ1) is 8.38. The fourth-order valence-electron chi connectivity index (χ4n) is 2.24. The van der Waals surface area contributed by atoms with Gasteiger partial charge in [0, 0.05) is 64.1 Å². The average Bonchev–Trinajstić information content (AvgIpc) is 2.40. The van der Waals surface area contributed by atoms with Crippen molar-refractivity contribution in [1.82, 2.24) is 14.8 Å². The summed E-state index contributed by atoms with van der Waals surface area (Å²) < 4.78 is 0. The Morgan fingerprint density at radius 3 is 2.35 bits per heavy atom. The molecule has 0 radical (unpaired) electrons. The van der Waals surface area contributed by atoms with Gasteiger partial charge in [0.1, 0.15) is 0 Å². The van der Waals surface area contributed by atoms with Crippen LogP contribution in [-0.4, -0.2) is 60.6 Å². The lowest BCUT2D eigenvalue weighted by atomic mass is 10.2. The van der Waals surface area contributed by atoms with E-state index in [-0.39, 0.29) is 0 Å². The van der Waals surface area contributed by atoms with Crippen LogP contribution in [0.5, 0.6) is 0 Å². The Morgan fingerprint density at radius 2 is 1.76 bits per heavy atom. The maximum atomic E-state index is 5.57. The molecule has 0 aromatic carbocycles. The number of nitrogens with zero attached hydrogens (tertiary/aromatic N) is 3. The predicted molar refractivity (Wildman–Crippen MR) is 69.9 cm³/mol. The molecule has 1 aliphatic heterocycles. The van der Waals surface area contributed by atoms with E-state index in [1.807, 2.05) is 12.3 Å². The Kier molecular flexibility index (Phi) is 4.91. The molecule has 94 valence electrons. The van der Waals surface area contributed by atoms with E-state index in [1.54, 1.807) is 0 Å². The minimum absolute atomic E-state index is 0.772. The summed E-state index contributed by atoms with van der Waals surface area (Å²) in [4.78, 5) is 9.31. The second-order valence-corrected chi connectivity index (χ2v) is 4.54. The van der Waals surface area contributed by atoms with Crippen LogP contribution in [0, 0.1) is 0 Å². The van der Waals surface area contributed by atoms with E-state index in [1.165, 1.54) is 5.69 Å². The Bertz CT molecular complexity index is 306. The Morgan fingerprint density at radius 1 is 1.06 bits per heavy atom. The molecule has 0 bridgehead atoms. The van der Waals surface area contributed by atoms with Gasteiger partial charge in [-0.15, -0.1) is 0 Å². The first kappa shape index (κ1) is 12.5. The van der Waals surface area contributed by atoms with Crippen molar-refractivity contribution >= 4 is 0 Å². The zero-order valence-electron chi connectivity index (χ0n) is 10.4. The molecule has 0 unspecified atom stereocenters. The molecule has 1 aliphatic rings. The molecule has 17 heavy (non-hydrogen) atoms. The highest BCUT2D eigenvalue weighted by Gasteiger charge is 2.15. The number of hydrogen-bond acceptors (Lipinski definition) is 4. The quantitative estimate of drug-likeness (QED) is 0.790. The van der Waals surface area contributed by atoms with E-state index in [2.05, 4.69) is 26.9 Å². The topological polar surface area (TPSA) is 45.4 Å². The van der Waals surface area contributed by atoms with Gasteiger partial charge in [0.15, 0.2) is 0 Å². The van der Waals surface area contributed by atoms with Crippen molar-refractivity contribution in [2.45, 2.75) is 6.42 Å². The molecule has 1 saturated heterocycles. The lowest BCUT2D eigenvalue weighted by Crippen LogP contribution is -2.48. The largest absolute Gasteiger partial charge is 0.329 e. The van der Waals surface area contributed by atoms with Crippen LogP contribution in [0.4, 0.5) is 0 Å². The van der Waals surface area contributed by atoms with Gasteiger partial charge >= 0.3 is 0 Å². The van der Waals surface area contributed by atoms with Gasteiger partial charge in [-0.3, -0.25) is 9.88 Å². The third kappa shape index (κ3) is 4.07. The molecule has 4 heteroatoms. The minimum Gasteiger partial charge on any atom is -0.329 e. The summed E-state index contributed by atoms with van der Waals surface area (Å²) >= 11 is 0. The van der Waals surface area contributed by atoms with Gasteiger partial charge in [-0.2, -0.15) is 0 Å². The normalized spacial score (nSPS) is 18.4. The third-order valence-electron chi connectivity index (χ3n) is 3.32. The number of pyridine rings is 1. The zero-order valence-corrected chi connectivity index (χ0v) is 10.4. The number of piperazine rings is 1. The van der Waals surface area contributed by atoms with E-state index in [0.29, 0.717) is 0 Å². The highest BCUT2D eigenvalue weighted by molar-refractivity contribution is 5.03. The van der Waals surface area contributed by atoms with Gasteiger partial charge in [-0.25, -0.2) is 0 Å². The van der Waals surface area contributed by atoms with Crippen LogP contribution in [0.2, 0.25) is 0 Å². The summed E-state index contributed by atoms with van der Waals surface area (Å²) in [7, 11) is 0. The average molecular weight is 234 g/mol. The van der Waals surface area contributed by atoms with E-state index in [9.17, 15) is 0 Å². The molecular weight excluding hydrogens is 212 g/mol. The Labute approximate surface area is 103 Å². The molecular formula is C13H22N4. The summed E-state index contributed by atoms with van der Waals surface area (Å²) in [5, 5.41) is 0. The predicted octanol–water partition coefficient (Wildman–Crippen LogP) is 0.200. The molecule has 0 aliphatic carbocycles. The Balaban J connectivity index is 1.68. The van der Waals surface area contributed by atoms with Crippen LogP contribution in [0.3, 0.4) is 0 Å². The van der Waals surface area contributed by atoms with Crippen molar-refractivity contribution in [3.05, 3.63) is 30.1 Å². The minimum atomic E-state index is 0.772. The van der Waals surface area contributed by atoms with E-state index in [4.69, 9.17) is 5.73 Å². The highest BCUT2D eigenvalue weighted by Crippen LogP contribution is 2.03. The lowest BCUT2D eigenvalue weighted by molar-refractivity contribution is 0.136. The van der Waals surface area contributed by atoms with Crippen molar-refractivity contribution in [2.24, 2.45) is 5.73 Å². The monoisotopic (exact) mass is 234 g/mol. The maximum Gasteiger partial charge on any atom is 0.0416 e. The lowest BCUT2D eigenvalue weighted by Gasteiger charge is -2.34. The highest BCUT2D eigenvalue weighted by atomic mass is 15.3. The third-order valence-corrected chi connectivity index (χ3v) is 3.32. The number of rotatable bonds is 5. The molecule has 0 spiro atoms. The van der Waals surface area contributed by atoms with Crippen molar-refractivity contribution in [3.63, 3.8) is 0 Å². The second kappa shape index (κ2) is 6.69. The molecule has 2 rings (SSSR count). The molecule has 4 nitrogen and oxygen atoms in total. The number of nitrogens with two attached hydrogens (primary N) is 1. The van der Waals surface area contributed by atoms with Gasteiger partial charge in [0.05, 0.1) is 0 Å². The maximum absolute atomic E-state index is 5.57. The molecule has 0 atom stereocenters. The van der Waals surface area contributed by atoms with Crippen LogP contribution >= 0.6 is 0 Å². The first-order valence-electron chi connectivity index (χ1n) is 6.43.